The second kappa shape index (κ2) is 28.6. The smallest absolute Gasteiger partial charge is 0.386 e. The van der Waals surface area contributed by atoms with Crippen LogP contribution in [0.2, 0.25) is 0 Å². The van der Waals surface area contributed by atoms with E-state index in [1.54, 1.807) is 0 Å². The van der Waals surface area contributed by atoms with Gasteiger partial charge in [-0.25, -0.2) is 28.6 Å². The molecule has 0 aromatic carbocycles. The molecule has 1 aliphatic heterocycles. The highest BCUT2D eigenvalue weighted by Gasteiger charge is 2.50. The first-order chi connectivity index (χ1) is 31.6. The molecule has 67 heavy (non-hydrogen) atoms. The number of thioether (sulfide) groups is 1. The molecule has 0 bridgehead atoms. The number of anilines is 1. The first kappa shape index (κ1) is 58.4. The summed E-state index contributed by atoms with van der Waals surface area (Å²) in [4.78, 5) is 88.3. The number of aliphatic hydroxyl groups excluding tert-OH is 2. The van der Waals surface area contributed by atoms with Crippen LogP contribution in [0.15, 0.2) is 37.0 Å². The van der Waals surface area contributed by atoms with Gasteiger partial charge in [0.2, 0.25) is 11.8 Å². The van der Waals surface area contributed by atoms with Crippen LogP contribution in [-0.4, -0.2) is 123 Å². The zero-order valence-electron chi connectivity index (χ0n) is 37.9. The number of nitrogen functional groups attached to an aromatic ring is 1. The second-order valence-electron chi connectivity index (χ2n) is 16.3. The number of hydrogen-bond donors (Lipinski definition) is 9. The zero-order chi connectivity index (χ0) is 49.7. The summed E-state index contributed by atoms with van der Waals surface area (Å²) < 4.78 is 62.4. The van der Waals surface area contributed by atoms with E-state index in [0.29, 0.717) is 12.2 Å². The summed E-state index contributed by atoms with van der Waals surface area (Å²) in [6, 6.07) is 0. The molecule has 3 heterocycles. The molecule has 0 spiro atoms. The molecule has 2 aromatic heterocycles. The summed E-state index contributed by atoms with van der Waals surface area (Å²) in [7, 11) is -16.4. The Morgan fingerprint density at radius 1 is 0.910 bits per heavy atom. The minimum atomic E-state index is -5.58. The molecule has 0 aliphatic carbocycles. The highest BCUT2D eigenvalue weighted by molar-refractivity contribution is 8.13. The lowest BCUT2D eigenvalue weighted by Crippen LogP contribution is -2.46. The molecular formula is C39H66N7O17P3S. The van der Waals surface area contributed by atoms with E-state index in [0.717, 1.165) is 61.1 Å². The molecular weight excluding hydrogens is 963 g/mol. The largest absolute Gasteiger partial charge is 0.481 e. The number of imidazole rings is 1. The van der Waals surface area contributed by atoms with Gasteiger partial charge < -0.3 is 50.9 Å². The van der Waals surface area contributed by atoms with Gasteiger partial charge >= 0.3 is 23.5 Å². The highest BCUT2D eigenvalue weighted by atomic mass is 32.2. The van der Waals surface area contributed by atoms with Crippen molar-refractivity contribution in [2.75, 3.05) is 37.8 Å². The number of carbonyl (C=O) groups is 3. The molecule has 1 fully saturated rings. The minimum Gasteiger partial charge on any atom is -0.386 e. The average molecular weight is 1030 g/mol. The number of phosphoric ester groups is 3. The Labute approximate surface area is 393 Å². The first-order valence-corrected chi connectivity index (χ1v) is 27.4. The third-order valence-corrected chi connectivity index (χ3v) is 14.1. The molecule has 7 atom stereocenters. The van der Waals surface area contributed by atoms with Crippen LogP contribution in [0.1, 0.15) is 110 Å². The summed E-state index contributed by atoms with van der Waals surface area (Å²) >= 11 is 1.13. The van der Waals surface area contributed by atoms with E-state index in [9.17, 15) is 57.9 Å². The van der Waals surface area contributed by atoms with Gasteiger partial charge in [0.25, 0.3) is 0 Å². The van der Waals surface area contributed by atoms with Crippen LogP contribution in [0.3, 0.4) is 0 Å². The van der Waals surface area contributed by atoms with E-state index in [1.807, 2.05) is 0 Å². The van der Waals surface area contributed by atoms with Crippen molar-refractivity contribution in [2.24, 2.45) is 5.41 Å². The van der Waals surface area contributed by atoms with E-state index in [1.165, 1.54) is 52.4 Å². The van der Waals surface area contributed by atoms with E-state index in [4.69, 9.17) is 19.5 Å². The number of nitrogens with two attached hydrogens (primary N) is 1. The maximum atomic E-state index is 12.7. The lowest BCUT2D eigenvalue weighted by atomic mass is 9.87. The van der Waals surface area contributed by atoms with Crippen molar-refractivity contribution in [3.8, 4) is 0 Å². The quantitative estimate of drug-likeness (QED) is 0.0270. The van der Waals surface area contributed by atoms with Crippen molar-refractivity contribution < 1.29 is 80.5 Å². The summed E-state index contributed by atoms with van der Waals surface area (Å²) in [5.41, 5.74) is 4.28. The summed E-state index contributed by atoms with van der Waals surface area (Å²) in [6.45, 7) is 2.76. The van der Waals surface area contributed by atoms with Crippen LogP contribution in [-0.2, 0) is 50.7 Å². The molecule has 0 saturated carbocycles. The van der Waals surface area contributed by atoms with Crippen molar-refractivity contribution >= 4 is 69.1 Å². The number of phosphoric acid groups is 3. The Morgan fingerprint density at radius 2 is 1.57 bits per heavy atom. The summed E-state index contributed by atoms with van der Waals surface area (Å²) in [6.07, 6.45) is 14.6. The van der Waals surface area contributed by atoms with Gasteiger partial charge in [0.15, 0.2) is 22.8 Å². The summed E-state index contributed by atoms with van der Waals surface area (Å²) in [5, 5.41) is 26.6. The second-order valence-corrected chi connectivity index (χ2v) is 21.7. The zero-order valence-corrected chi connectivity index (χ0v) is 41.4. The van der Waals surface area contributed by atoms with Crippen LogP contribution < -0.4 is 16.4 Å². The van der Waals surface area contributed by atoms with Crippen molar-refractivity contribution in [2.45, 2.75) is 135 Å². The lowest BCUT2D eigenvalue weighted by molar-refractivity contribution is -0.137. The fourth-order valence-corrected chi connectivity index (χ4v) is 10.00. The van der Waals surface area contributed by atoms with E-state index < -0.39 is 84.6 Å². The van der Waals surface area contributed by atoms with E-state index in [2.05, 4.69) is 65.6 Å². The van der Waals surface area contributed by atoms with Crippen LogP contribution in [0.25, 0.3) is 11.2 Å². The van der Waals surface area contributed by atoms with Gasteiger partial charge in [-0.05, 0) is 38.5 Å². The molecule has 2 aromatic rings. The lowest BCUT2D eigenvalue weighted by Gasteiger charge is -2.30. The molecule has 0 radical (unpaired) electrons. The van der Waals surface area contributed by atoms with E-state index in [-0.39, 0.29) is 41.6 Å². The molecule has 28 heteroatoms. The van der Waals surface area contributed by atoms with Crippen molar-refractivity contribution in [3.05, 3.63) is 37.0 Å². The van der Waals surface area contributed by atoms with Crippen LogP contribution >= 0.6 is 35.2 Å². The Hall–Kier alpha value is -2.96. The number of nitrogens with one attached hydrogen (secondary N) is 2. The predicted molar refractivity (Wildman–Crippen MR) is 246 cm³/mol. The molecule has 3 rings (SSSR count). The Bertz CT molecular complexity index is 2090. The Kier molecular flexibility index (Phi) is 24.9. The number of amides is 2. The van der Waals surface area contributed by atoms with Gasteiger partial charge in [-0.3, -0.25) is 32.5 Å². The molecule has 1 aliphatic rings. The maximum Gasteiger partial charge on any atom is 0.481 e. The first-order valence-electron chi connectivity index (χ1n) is 21.9. The monoisotopic (exact) mass is 1030 g/mol. The minimum absolute atomic E-state index is 0.0319. The standard InChI is InChI=1S/C39H66N7O17P3S/c1-4-5-6-7-8-9-10-11-12-13-14-15-16-17-18-19-30(48)67-23-22-41-29(47)20-21-42-37(51)34(50)39(2,3)25-60-66(57,58)63-65(55,56)59-24-28-33(62-64(52,53)54)32(49)38(61-28)46-27-45-31-35(40)43-26-44-36(31)46/h11-12,14-15,26-28,32-34,38,49-50H,4-10,13,16-25H2,1-3H3,(H,41,47)(H,42,51)(H,55,56)(H,57,58)(H2,40,43,44)(H2,52,53,54)/b12-11-,15-14-/t28-,32?,33?,34+,38-/m1/s1. The molecule has 1 saturated heterocycles. The van der Waals surface area contributed by atoms with Gasteiger partial charge in [0.1, 0.15) is 36.3 Å². The number of ether oxygens (including phenoxy) is 1. The van der Waals surface area contributed by atoms with Gasteiger partial charge in [-0.15, -0.1) is 0 Å². The summed E-state index contributed by atoms with van der Waals surface area (Å²) in [5.74, 6) is -1.06. The predicted octanol–water partition coefficient (Wildman–Crippen LogP) is 4.48. The Balaban J connectivity index is 1.32. The molecule has 4 unspecified atom stereocenters. The van der Waals surface area contributed by atoms with Crippen molar-refractivity contribution in [3.63, 3.8) is 0 Å². The topological polar surface area (TPSA) is 364 Å². The number of aromatic nitrogens is 4. The third-order valence-electron chi connectivity index (χ3n) is 10.1. The molecule has 24 nitrogen and oxygen atoms in total. The van der Waals surface area contributed by atoms with Crippen LogP contribution in [0, 0.1) is 5.41 Å². The molecule has 380 valence electrons. The van der Waals surface area contributed by atoms with Gasteiger partial charge in [0.05, 0.1) is 19.5 Å². The van der Waals surface area contributed by atoms with Crippen LogP contribution in [0.4, 0.5) is 5.82 Å². The number of carbonyl (C=O) groups excluding carboxylic acids is 3. The number of allylic oxidation sites excluding steroid dienone is 4. The van der Waals surface area contributed by atoms with Crippen molar-refractivity contribution in [1.82, 2.24) is 30.2 Å². The fraction of sp³-hybridized carbons (Fsp3) is 0.692. The number of fused-ring (bicyclic) bond motifs is 1. The Morgan fingerprint density at radius 3 is 2.25 bits per heavy atom. The van der Waals surface area contributed by atoms with Gasteiger partial charge in [-0.1, -0.05) is 88.9 Å². The number of hydrogen-bond acceptors (Lipinski definition) is 18. The fourth-order valence-electron chi connectivity index (χ4n) is 6.45. The number of unbranched alkanes of at least 4 members (excludes halogenated alkanes) is 8. The highest BCUT2D eigenvalue weighted by Crippen LogP contribution is 2.61. The number of nitrogens with zero attached hydrogens (tertiary/aromatic N) is 4. The number of aliphatic hydroxyl groups is 2. The molecule has 10 N–H and O–H groups in total. The number of rotatable bonds is 33. The average Bonchev–Trinajstić information content (AvgIpc) is 3.81. The molecule has 2 amide bonds. The third kappa shape index (κ3) is 21.7. The van der Waals surface area contributed by atoms with Crippen LogP contribution in [0.5, 0.6) is 0 Å². The SMILES string of the molecule is CCCCCCCC/C=C\C/C=C\CCCCC(=O)SCCNC(=O)CCNC(=O)[C@H](O)C(C)(C)COP(=O)(O)OP(=O)(O)OC[C@H]1O[C@@H](n2cnc3c(N)ncnc32)C(O)C1OP(=O)(O)O. The van der Waals surface area contributed by atoms with Gasteiger partial charge in [0, 0.05) is 37.1 Å². The normalized spacial score (nSPS) is 20.3. The van der Waals surface area contributed by atoms with Crippen molar-refractivity contribution in [1.29, 1.82) is 0 Å². The maximum absolute atomic E-state index is 12.7. The van der Waals surface area contributed by atoms with E-state index >= 15 is 0 Å². The van der Waals surface area contributed by atoms with Gasteiger partial charge in [-0.2, -0.15) is 4.31 Å².